The highest BCUT2D eigenvalue weighted by Crippen LogP contribution is 2.24. The number of sulfone groups is 1. The molecule has 0 amide bonds. The van der Waals surface area contributed by atoms with E-state index in [9.17, 15) is 13.6 Å². The van der Waals surface area contributed by atoms with E-state index in [0.29, 0.717) is 22.4 Å². The van der Waals surface area contributed by atoms with Gasteiger partial charge in [-0.25, -0.2) is 13.4 Å². The molecule has 0 saturated heterocycles. The van der Waals surface area contributed by atoms with Gasteiger partial charge in [0, 0.05) is 24.2 Å². The largest absolute Gasteiger partial charge is 0.426 e. The lowest BCUT2D eigenvalue weighted by atomic mass is 10.3. The average molecular weight is 289 g/mol. The Kier molecular flexibility index (Phi) is 2.72. The van der Waals surface area contributed by atoms with E-state index in [-0.39, 0.29) is 4.90 Å². The predicted molar refractivity (Wildman–Crippen MR) is 73.3 cm³/mol. The molecule has 3 rings (SSSR count). The molecule has 7 heteroatoms. The van der Waals surface area contributed by atoms with Crippen LogP contribution in [0.4, 0.5) is 0 Å². The SMILES string of the molecule is CS(=O)(=O)c1ccc2c(c1)nc(-c1cccnc1)n2O. The van der Waals surface area contributed by atoms with Crippen LogP contribution in [0.15, 0.2) is 47.6 Å². The Hall–Kier alpha value is -2.41. The Labute approximate surface area is 115 Å². The van der Waals surface area contributed by atoms with Crippen molar-refractivity contribution in [2.24, 2.45) is 0 Å². The molecular formula is C13H11N3O3S. The van der Waals surface area contributed by atoms with Crippen molar-refractivity contribution in [2.45, 2.75) is 4.90 Å². The van der Waals surface area contributed by atoms with E-state index in [1.165, 1.54) is 18.2 Å². The van der Waals surface area contributed by atoms with Gasteiger partial charge in [0.05, 0.1) is 10.4 Å². The van der Waals surface area contributed by atoms with E-state index in [1.54, 1.807) is 24.5 Å². The summed E-state index contributed by atoms with van der Waals surface area (Å²) in [5, 5.41) is 10.1. The highest BCUT2D eigenvalue weighted by atomic mass is 32.2. The lowest BCUT2D eigenvalue weighted by Crippen LogP contribution is -1.97. The third-order valence-electron chi connectivity index (χ3n) is 2.95. The second-order valence-electron chi connectivity index (χ2n) is 4.41. The van der Waals surface area contributed by atoms with Gasteiger partial charge in [-0.2, -0.15) is 4.73 Å². The molecule has 0 aliphatic carbocycles. The predicted octanol–water partition coefficient (Wildman–Crippen LogP) is 1.74. The van der Waals surface area contributed by atoms with Gasteiger partial charge in [-0.1, -0.05) is 0 Å². The Bertz CT molecular complexity index is 886. The van der Waals surface area contributed by atoms with Crippen molar-refractivity contribution in [2.75, 3.05) is 6.26 Å². The first-order valence-corrected chi connectivity index (χ1v) is 7.68. The molecule has 102 valence electrons. The summed E-state index contributed by atoms with van der Waals surface area (Å²) in [5.74, 6) is 0.318. The fraction of sp³-hybridized carbons (Fsp3) is 0.0769. The molecular weight excluding hydrogens is 278 g/mol. The number of imidazole rings is 1. The highest BCUT2D eigenvalue weighted by Gasteiger charge is 2.15. The van der Waals surface area contributed by atoms with Gasteiger partial charge in [-0.3, -0.25) is 4.98 Å². The lowest BCUT2D eigenvalue weighted by Gasteiger charge is -2.00. The van der Waals surface area contributed by atoms with Gasteiger partial charge in [0.1, 0.15) is 5.52 Å². The van der Waals surface area contributed by atoms with E-state index >= 15 is 0 Å². The molecule has 2 heterocycles. The van der Waals surface area contributed by atoms with Crippen LogP contribution in [0.25, 0.3) is 22.4 Å². The Balaban J connectivity index is 2.25. The molecule has 0 saturated carbocycles. The number of benzene rings is 1. The lowest BCUT2D eigenvalue weighted by molar-refractivity contribution is 0.203. The molecule has 20 heavy (non-hydrogen) atoms. The maximum atomic E-state index is 11.5. The van der Waals surface area contributed by atoms with Crippen molar-refractivity contribution >= 4 is 20.9 Å². The van der Waals surface area contributed by atoms with Crippen molar-refractivity contribution in [1.82, 2.24) is 14.7 Å². The molecule has 1 aromatic carbocycles. The van der Waals surface area contributed by atoms with E-state index < -0.39 is 9.84 Å². The maximum Gasteiger partial charge on any atom is 0.178 e. The first-order chi connectivity index (χ1) is 9.47. The van der Waals surface area contributed by atoms with E-state index in [2.05, 4.69) is 9.97 Å². The summed E-state index contributed by atoms with van der Waals surface area (Å²) in [5.41, 5.74) is 1.50. The number of hydrogen-bond donors (Lipinski definition) is 1. The van der Waals surface area contributed by atoms with Crippen molar-refractivity contribution < 1.29 is 13.6 Å². The molecule has 0 fully saturated rings. The van der Waals surface area contributed by atoms with E-state index in [4.69, 9.17) is 0 Å². The van der Waals surface area contributed by atoms with Crippen molar-refractivity contribution in [3.8, 4) is 11.4 Å². The number of rotatable bonds is 2. The van der Waals surface area contributed by atoms with Gasteiger partial charge in [0.25, 0.3) is 0 Å². The van der Waals surface area contributed by atoms with Crippen LogP contribution >= 0.6 is 0 Å². The summed E-state index contributed by atoms with van der Waals surface area (Å²) in [4.78, 5) is 8.40. The number of fused-ring (bicyclic) bond motifs is 1. The van der Waals surface area contributed by atoms with Crippen LogP contribution in [-0.4, -0.2) is 34.6 Å². The second-order valence-corrected chi connectivity index (χ2v) is 6.43. The summed E-state index contributed by atoms with van der Waals surface area (Å²) in [7, 11) is -3.31. The van der Waals surface area contributed by atoms with Gasteiger partial charge in [-0.15, -0.1) is 0 Å². The standard InChI is InChI=1S/C13H11N3O3S/c1-20(18,19)10-4-5-12-11(7-10)15-13(16(12)17)9-3-2-6-14-8-9/h2-8,17H,1H3. The second kappa shape index (κ2) is 4.31. The molecule has 1 N–H and O–H groups in total. The normalized spacial score (nSPS) is 11.8. The average Bonchev–Trinajstić information content (AvgIpc) is 2.76. The number of pyridine rings is 1. The van der Waals surface area contributed by atoms with Crippen LogP contribution in [-0.2, 0) is 9.84 Å². The van der Waals surface area contributed by atoms with Crippen LogP contribution in [0, 0.1) is 0 Å². The van der Waals surface area contributed by atoms with Gasteiger partial charge in [0.15, 0.2) is 15.7 Å². The molecule has 6 nitrogen and oxygen atoms in total. The van der Waals surface area contributed by atoms with Gasteiger partial charge in [-0.05, 0) is 30.3 Å². The molecule has 0 spiro atoms. The number of hydrogen-bond acceptors (Lipinski definition) is 5. The molecule has 0 radical (unpaired) electrons. The van der Waals surface area contributed by atoms with Crippen LogP contribution in [0.5, 0.6) is 0 Å². The molecule has 0 aliphatic heterocycles. The van der Waals surface area contributed by atoms with E-state index in [0.717, 1.165) is 11.0 Å². The minimum absolute atomic E-state index is 0.167. The summed E-state index contributed by atoms with van der Waals surface area (Å²) in [6.07, 6.45) is 4.33. The molecule has 0 unspecified atom stereocenters. The summed E-state index contributed by atoms with van der Waals surface area (Å²) in [6, 6.07) is 7.91. The summed E-state index contributed by atoms with van der Waals surface area (Å²) >= 11 is 0. The fourth-order valence-corrected chi connectivity index (χ4v) is 2.60. The zero-order chi connectivity index (χ0) is 14.3. The summed E-state index contributed by atoms with van der Waals surface area (Å²) in [6.45, 7) is 0. The monoisotopic (exact) mass is 289 g/mol. The third-order valence-corrected chi connectivity index (χ3v) is 4.06. The maximum absolute atomic E-state index is 11.5. The minimum Gasteiger partial charge on any atom is -0.426 e. The van der Waals surface area contributed by atoms with Crippen molar-refractivity contribution in [1.29, 1.82) is 0 Å². The van der Waals surface area contributed by atoms with Crippen LogP contribution in [0.1, 0.15) is 0 Å². The Morgan fingerprint density at radius 2 is 2.05 bits per heavy atom. The molecule has 2 aromatic heterocycles. The quantitative estimate of drug-likeness (QED) is 0.726. The number of aromatic nitrogens is 3. The van der Waals surface area contributed by atoms with Gasteiger partial charge < -0.3 is 5.21 Å². The zero-order valence-electron chi connectivity index (χ0n) is 10.6. The fourth-order valence-electron chi connectivity index (χ4n) is 1.96. The smallest absolute Gasteiger partial charge is 0.178 e. The molecule has 0 atom stereocenters. The number of nitrogens with zero attached hydrogens (tertiary/aromatic N) is 3. The van der Waals surface area contributed by atoms with Crippen LogP contribution in [0.2, 0.25) is 0 Å². The highest BCUT2D eigenvalue weighted by molar-refractivity contribution is 7.90. The molecule has 0 aliphatic rings. The molecule has 3 aromatic rings. The Morgan fingerprint density at radius 3 is 2.70 bits per heavy atom. The minimum atomic E-state index is -3.31. The first kappa shape index (κ1) is 12.6. The molecule has 0 bridgehead atoms. The Morgan fingerprint density at radius 1 is 1.25 bits per heavy atom. The first-order valence-electron chi connectivity index (χ1n) is 5.79. The van der Waals surface area contributed by atoms with Crippen LogP contribution in [0.3, 0.4) is 0 Å². The van der Waals surface area contributed by atoms with Crippen LogP contribution < -0.4 is 0 Å². The van der Waals surface area contributed by atoms with Gasteiger partial charge in [0.2, 0.25) is 0 Å². The van der Waals surface area contributed by atoms with Crippen molar-refractivity contribution in [3.05, 3.63) is 42.7 Å². The zero-order valence-corrected chi connectivity index (χ0v) is 11.4. The van der Waals surface area contributed by atoms with E-state index in [1.807, 2.05) is 0 Å². The van der Waals surface area contributed by atoms with Crippen molar-refractivity contribution in [3.63, 3.8) is 0 Å². The topological polar surface area (TPSA) is 85.1 Å². The third kappa shape index (κ3) is 2.01. The van der Waals surface area contributed by atoms with Gasteiger partial charge >= 0.3 is 0 Å². The summed E-state index contributed by atoms with van der Waals surface area (Å²) < 4.78 is 24.0.